The van der Waals surface area contributed by atoms with Gasteiger partial charge in [-0.3, -0.25) is 0 Å². The van der Waals surface area contributed by atoms with E-state index in [4.69, 9.17) is 12.6 Å². The number of rotatable bonds is 3. The van der Waals surface area contributed by atoms with E-state index in [-0.39, 0.29) is 5.41 Å². The highest BCUT2D eigenvalue weighted by molar-refractivity contribution is 7.38. The minimum Gasteiger partial charge on any atom is -0.405 e. The first-order valence-electron chi connectivity index (χ1n) is 7.77. The normalized spacial score (nSPS) is 13.2. The van der Waals surface area contributed by atoms with Gasteiger partial charge in [-0.05, 0) is 23.5 Å². The Labute approximate surface area is 153 Å². The third-order valence-corrected chi connectivity index (χ3v) is 5.79. The molecule has 142 valence electrons. The summed E-state index contributed by atoms with van der Waals surface area (Å²) in [6.45, 7) is 8.09. The quantitative estimate of drug-likeness (QED) is 0.685. The lowest BCUT2D eigenvalue weighted by molar-refractivity contribution is -1.73. The number of fused-ring (bicyclic) bond motifs is 1. The van der Waals surface area contributed by atoms with Gasteiger partial charge in [-0.25, -0.2) is 0 Å². The Balaban J connectivity index is 0.000000705. The minimum absolute atomic E-state index is 0.137. The van der Waals surface area contributed by atoms with E-state index in [2.05, 4.69) is 0 Å². The standard InChI is InChI=1S/C17H22F3S.BrO3/c1-5-6-7-14-10-12-8-9-13(16(2,3)4)11-15(12)21(14)17(18,19)20;2-1(3)4/h8-11H,5-7H2,1-4H3;/q+1;-1. The molecule has 0 N–H and O–H groups in total. The van der Waals surface area contributed by atoms with Crippen LogP contribution in [0.1, 0.15) is 51.0 Å². The van der Waals surface area contributed by atoms with E-state index in [1.54, 1.807) is 12.1 Å². The van der Waals surface area contributed by atoms with E-state index in [0.717, 1.165) is 23.8 Å². The number of aryl methyl sites for hydroxylation is 1. The largest absolute Gasteiger partial charge is 0.600 e. The second kappa shape index (κ2) is 8.81. The van der Waals surface area contributed by atoms with Crippen molar-refractivity contribution < 1.29 is 40.6 Å². The summed E-state index contributed by atoms with van der Waals surface area (Å²) < 4.78 is 66.6. The summed E-state index contributed by atoms with van der Waals surface area (Å²) in [5.41, 5.74) is -3.35. The summed E-state index contributed by atoms with van der Waals surface area (Å²) in [4.78, 5) is 0.547. The Bertz CT molecular complexity index is 688. The summed E-state index contributed by atoms with van der Waals surface area (Å²) >= 11 is -3.65. The number of halogens is 4. The number of hydrogen-bond donors (Lipinski definition) is 0. The number of benzene rings is 1. The molecule has 0 radical (unpaired) electrons. The van der Waals surface area contributed by atoms with Crippen LogP contribution in [0.5, 0.6) is 0 Å². The SMILES string of the molecule is CCCCc1cc2ccc(C(C)(C)C)cc2[s+]1C(F)(F)F.[O-][Br+2]([O-])[O-]. The molecule has 0 amide bonds. The van der Waals surface area contributed by atoms with Gasteiger partial charge in [0.15, 0.2) is 9.58 Å². The first kappa shape index (κ1) is 22.4. The highest BCUT2D eigenvalue weighted by Crippen LogP contribution is 2.51. The van der Waals surface area contributed by atoms with E-state index in [1.165, 1.54) is 0 Å². The summed E-state index contributed by atoms with van der Waals surface area (Å²) in [5, 5.41) is 0.745. The zero-order valence-corrected chi connectivity index (χ0v) is 17.0. The zero-order chi connectivity index (χ0) is 19.4. The first-order chi connectivity index (χ1) is 11.4. The predicted molar refractivity (Wildman–Crippen MR) is 85.0 cm³/mol. The van der Waals surface area contributed by atoms with Crippen LogP contribution in [0, 0.1) is 14.8 Å². The van der Waals surface area contributed by atoms with E-state index in [9.17, 15) is 13.2 Å². The topological polar surface area (TPSA) is 69.2 Å². The molecule has 3 nitrogen and oxygen atoms in total. The van der Waals surface area contributed by atoms with Crippen molar-refractivity contribution in [3.8, 4) is 0 Å². The van der Waals surface area contributed by atoms with Gasteiger partial charge in [0.05, 0.1) is 10.5 Å². The molecule has 1 atom stereocenters. The second-order valence-electron chi connectivity index (χ2n) is 6.66. The summed E-state index contributed by atoms with van der Waals surface area (Å²) in [6.07, 6.45) is 2.26. The van der Waals surface area contributed by atoms with Gasteiger partial charge in [-0.2, -0.15) is 0 Å². The third-order valence-electron chi connectivity index (χ3n) is 3.69. The zero-order valence-electron chi connectivity index (χ0n) is 14.6. The summed E-state index contributed by atoms with van der Waals surface area (Å²) in [7, 11) is -1.74. The fourth-order valence-electron chi connectivity index (χ4n) is 2.47. The van der Waals surface area contributed by atoms with Crippen LogP contribution in [-0.4, -0.2) is 0 Å². The van der Waals surface area contributed by atoms with Gasteiger partial charge < -0.3 is 12.6 Å². The van der Waals surface area contributed by atoms with Crippen molar-refractivity contribution >= 4 is 20.6 Å². The van der Waals surface area contributed by atoms with Crippen molar-refractivity contribution in [1.29, 1.82) is 0 Å². The predicted octanol–water partition coefficient (Wildman–Crippen LogP) is 3.14. The fraction of sp³-hybridized carbons (Fsp3) is 0.529. The molecule has 0 aliphatic rings. The van der Waals surface area contributed by atoms with Crippen molar-refractivity contribution in [2.24, 2.45) is 0 Å². The molecular formula is C17H22BrF3O3S. The van der Waals surface area contributed by atoms with Crippen LogP contribution in [0.2, 0.25) is 0 Å². The van der Waals surface area contributed by atoms with Crippen LogP contribution in [0.4, 0.5) is 13.2 Å². The molecule has 2 aromatic rings. The molecule has 25 heavy (non-hydrogen) atoms. The molecule has 0 spiro atoms. The maximum Gasteiger partial charge on any atom is 0.600 e. The average Bonchev–Trinajstić information content (AvgIpc) is 2.80. The number of thiophene rings is 1. The molecular weight excluding hydrogens is 421 g/mol. The molecule has 0 aliphatic heterocycles. The van der Waals surface area contributed by atoms with E-state index >= 15 is 0 Å². The minimum atomic E-state index is -4.18. The van der Waals surface area contributed by atoms with Crippen LogP contribution in [-0.2, 0) is 17.3 Å². The molecule has 1 heterocycles. The van der Waals surface area contributed by atoms with Crippen molar-refractivity contribution in [3.63, 3.8) is 0 Å². The van der Waals surface area contributed by atoms with Gasteiger partial charge in [0.1, 0.15) is 0 Å². The Kier molecular flexibility index (Phi) is 7.89. The highest BCUT2D eigenvalue weighted by atomic mass is 80.0. The number of alkyl halides is 3. The van der Waals surface area contributed by atoms with Gasteiger partial charge in [0.2, 0.25) is 14.8 Å². The van der Waals surface area contributed by atoms with Crippen LogP contribution in [0.25, 0.3) is 10.1 Å². The number of unbranched alkanes of at least 4 members (excludes halogenated alkanes) is 1. The fourth-order valence-corrected chi connectivity index (χ4v) is 4.50. The lowest BCUT2D eigenvalue weighted by Crippen LogP contribution is -2.42. The molecule has 0 saturated heterocycles. The maximum atomic E-state index is 13.5. The summed E-state index contributed by atoms with van der Waals surface area (Å²) in [6, 6.07) is 7.33. The van der Waals surface area contributed by atoms with E-state index in [1.807, 2.05) is 39.8 Å². The Morgan fingerprint density at radius 2 is 1.60 bits per heavy atom. The molecule has 1 aromatic carbocycles. The van der Waals surface area contributed by atoms with Gasteiger partial charge >= 0.3 is 5.51 Å². The van der Waals surface area contributed by atoms with Crippen LogP contribution in [0.15, 0.2) is 24.3 Å². The smallest absolute Gasteiger partial charge is 0.405 e. The van der Waals surface area contributed by atoms with Gasteiger partial charge in [-0.1, -0.05) is 40.2 Å². The third kappa shape index (κ3) is 6.53. The van der Waals surface area contributed by atoms with E-state index < -0.39 is 30.8 Å². The highest BCUT2D eigenvalue weighted by Gasteiger charge is 2.47. The molecule has 0 saturated carbocycles. The van der Waals surface area contributed by atoms with Gasteiger partial charge in [0, 0.05) is 23.9 Å². The Morgan fingerprint density at radius 3 is 2.04 bits per heavy atom. The summed E-state index contributed by atoms with van der Waals surface area (Å²) in [5.74, 6) is 0. The molecule has 0 fully saturated rings. The maximum absolute atomic E-state index is 13.5. The van der Waals surface area contributed by atoms with Crippen molar-refractivity contribution in [3.05, 3.63) is 34.7 Å². The molecule has 1 aromatic heterocycles. The van der Waals surface area contributed by atoms with E-state index in [0.29, 0.717) is 16.0 Å². The van der Waals surface area contributed by atoms with Crippen LogP contribution < -0.4 is 12.6 Å². The van der Waals surface area contributed by atoms with Crippen LogP contribution >= 0.6 is 10.5 Å². The van der Waals surface area contributed by atoms with Crippen LogP contribution in [0.3, 0.4) is 0 Å². The average molecular weight is 443 g/mol. The van der Waals surface area contributed by atoms with Gasteiger partial charge in [-0.15, -0.1) is 13.2 Å². The first-order valence-corrected chi connectivity index (χ1v) is 10.9. The van der Waals surface area contributed by atoms with Crippen molar-refractivity contribution in [2.45, 2.75) is 57.9 Å². The molecule has 0 aliphatic carbocycles. The molecule has 2 rings (SSSR count). The Hall–Kier alpha value is -0.670. The number of hydrogen-bond acceptors (Lipinski definition) is 3. The Morgan fingerprint density at radius 1 is 1.04 bits per heavy atom. The molecule has 8 heteroatoms. The lowest BCUT2D eigenvalue weighted by atomic mass is 9.87. The van der Waals surface area contributed by atoms with Gasteiger partial charge in [0.25, 0.3) is 0 Å². The molecule has 0 bridgehead atoms. The van der Waals surface area contributed by atoms with Crippen molar-refractivity contribution in [2.75, 3.05) is 0 Å². The second-order valence-corrected chi connectivity index (χ2v) is 9.49. The van der Waals surface area contributed by atoms with Crippen molar-refractivity contribution in [1.82, 2.24) is 0 Å². The monoisotopic (exact) mass is 442 g/mol. The molecule has 1 unspecified atom stereocenters. The lowest BCUT2D eigenvalue weighted by Gasteiger charge is -2.18.